The Kier molecular flexibility index (Phi) is 8.66. The smallest absolute Gasteiger partial charge is 0.327 e. The zero-order valence-electron chi connectivity index (χ0n) is 18.3. The maximum absolute atomic E-state index is 13.2. The summed E-state index contributed by atoms with van der Waals surface area (Å²) in [5.41, 5.74) is 2.19. The van der Waals surface area contributed by atoms with Crippen molar-refractivity contribution in [2.75, 3.05) is 12.3 Å². The number of urea groups is 1. The molecule has 3 rings (SSSR count). The molecular weight excluding hydrogens is 436 g/mol. The number of amides is 3. The van der Waals surface area contributed by atoms with E-state index in [0.29, 0.717) is 12.0 Å². The number of imide groups is 1. The minimum Gasteiger partial charge on any atom is -0.480 e. The third-order valence-corrected chi connectivity index (χ3v) is 6.02. The lowest BCUT2D eigenvalue weighted by Crippen LogP contribution is -2.51. The van der Waals surface area contributed by atoms with Crippen LogP contribution in [0.3, 0.4) is 0 Å². The van der Waals surface area contributed by atoms with Crippen molar-refractivity contribution < 1.29 is 19.5 Å². The van der Waals surface area contributed by atoms with E-state index in [0.717, 1.165) is 20.9 Å². The van der Waals surface area contributed by atoms with Gasteiger partial charge in [0.15, 0.2) is 0 Å². The van der Waals surface area contributed by atoms with Gasteiger partial charge in [0.05, 0.1) is 0 Å². The number of carbonyl (C=O) groups excluding carboxylic acids is 2. The normalized spacial score (nSPS) is 11.4. The number of carboxylic acids is 1. The molecule has 0 saturated heterocycles. The van der Waals surface area contributed by atoms with E-state index in [2.05, 4.69) is 5.32 Å². The molecular formula is C26H26N2O4S. The largest absolute Gasteiger partial charge is 0.480 e. The number of thioether (sulfide) groups is 1. The monoisotopic (exact) mass is 462 g/mol. The fourth-order valence-corrected chi connectivity index (χ4v) is 4.17. The lowest BCUT2D eigenvalue weighted by Gasteiger charge is -2.23. The van der Waals surface area contributed by atoms with Crippen LogP contribution in [0.15, 0.2) is 89.8 Å². The van der Waals surface area contributed by atoms with Crippen LogP contribution >= 0.6 is 11.8 Å². The Balaban J connectivity index is 1.74. The first-order chi connectivity index (χ1) is 16.0. The van der Waals surface area contributed by atoms with Crippen molar-refractivity contribution >= 4 is 29.7 Å². The predicted molar refractivity (Wildman–Crippen MR) is 130 cm³/mol. The molecule has 3 aromatic carbocycles. The Morgan fingerprint density at radius 2 is 1.55 bits per heavy atom. The lowest BCUT2D eigenvalue weighted by atomic mass is 10.0. The number of carbonyl (C=O) groups is 3. The van der Waals surface area contributed by atoms with Crippen LogP contribution in [0.25, 0.3) is 11.1 Å². The van der Waals surface area contributed by atoms with Gasteiger partial charge in [-0.25, -0.2) is 9.59 Å². The highest BCUT2D eigenvalue weighted by Gasteiger charge is 2.27. The third kappa shape index (κ3) is 6.70. The van der Waals surface area contributed by atoms with Crippen molar-refractivity contribution in [3.8, 4) is 11.1 Å². The van der Waals surface area contributed by atoms with Gasteiger partial charge >= 0.3 is 12.0 Å². The standard InChI is InChI=1S/C26H26N2O4S/c1-2-16-28(24(29)21-13-9-12-20(17-21)19-10-5-3-6-11-19)26(32)27-23(25(30)31)18-33-22-14-7-4-8-15-22/h3-15,17,23H,2,16,18H2,1H3,(H,27,32)(H,30,31). The fraction of sp³-hybridized carbons (Fsp3) is 0.192. The average Bonchev–Trinajstić information content (AvgIpc) is 2.85. The quantitative estimate of drug-likeness (QED) is 0.429. The van der Waals surface area contributed by atoms with Gasteiger partial charge in [0, 0.05) is 22.8 Å². The highest BCUT2D eigenvalue weighted by atomic mass is 32.2. The molecule has 0 aromatic heterocycles. The Hall–Kier alpha value is -3.58. The summed E-state index contributed by atoms with van der Waals surface area (Å²) < 4.78 is 0. The molecule has 0 aliphatic carbocycles. The Morgan fingerprint density at radius 3 is 2.18 bits per heavy atom. The molecule has 0 saturated carbocycles. The van der Waals surface area contributed by atoms with Crippen molar-refractivity contribution in [3.63, 3.8) is 0 Å². The molecule has 0 aliphatic heterocycles. The van der Waals surface area contributed by atoms with Gasteiger partial charge in [-0.2, -0.15) is 0 Å². The molecule has 3 amide bonds. The van der Waals surface area contributed by atoms with E-state index in [1.807, 2.05) is 73.7 Å². The van der Waals surface area contributed by atoms with Gasteiger partial charge in [-0.05, 0) is 41.8 Å². The first-order valence-electron chi connectivity index (χ1n) is 10.7. The van der Waals surface area contributed by atoms with Crippen LogP contribution in [0.2, 0.25) is 0 Å². The van der Waals surface area contributed by atoms with Crippen molar-refractivity contribution in [2.45, 2.75) is 24.3 Å². The third-order valence-electron chi connectivity index (χ3n) is 4.91. The summed E-state index contributed by atoms with van der Waals surface area (Å²) >= 11 is 1.33. The van der Waals surface area contributed by atoms with Gasteiger partial charge in [0.25, 0.3) is 5.91 Å². The van der Waals surface area contributed by atoms with Crippen LogP contribution in [-0.2, 0) is 4.79 Å². The topological polar surface area (TPSA) is 86.7 Å². The molecule has 0 fully saturated rings. The molecule has 33 heavy (non-hydrogen) atoms. The number of rotatable bonds is 9. The number of nitrogens with one attached hydrogen (secondary N) is 1. The molecule has 0 radical (unpaired) electrons. The van der Waals surface area contributed by atoms with E-state index in [9.17, 15) is 19.5 Å². The molecule has 0 aliphatic rings. The number of benzene rings is 3. The summed E-state index contributed by atoms with van der Waals surface area (Å²) in [6, 6.07) is 24.2. The van der Waals surface area contributed by atoms with Crippen LogP contribution in [0.5, 0.6) is 0 Å². The molecule has 6 nitrogen and oxygen atoms in total. The van der Waals surface area contributed by atoms with Gasteiger partial charge in [-0.3, -0.25) is 9.69 Å². The highest BCUT2D eigenvalue weighted by molar-refractivity contribution is 7.99. The van der Waals surface area contributed by atoms with Crippen LogP contribution in [-0.4, -0.2) is 46.3 Å². The highest BCUT2D eigenvalue weighted by Crippen LogP contribution is 2.21. The van der Waals surface area contributed by atoms with E-state index >= 15 is 0 Å². The number of carboxylic acid groups (broad SMARTS) is 1. The lowest BCUT2D eigenvalue weighted by molar-refractivity contribution is -0.138. The van der Waals surface area contributed by atoms with Gasteiger partial charge in [-0.15, -0.1) is 11.8 Å². The Labute approximate surface area is 197 Å². The van der Waals surface area contributed by atoms with E-state index < -0.39 is 23.9 Å². The van der Waals surface area contributed by atoms with Gasteiger partial charge in [-0.1, -0.05) is 67.6 Å². The number of hydrogen-bond acceptors (Lipinski definition) is 4. The van der Waals surface area contributed by atoms with Gasteiger partial charge < -0.3 is 10.4 Å². The Bertz CT molecular complexity index is 1090. The van der Waals surface area contributed by atoms with Crippen LogP contribution in [0.4, 0.5) is 4.79 Å². The molecule has 170 valence electrons. The second kappa shape index (κ2) is 11.9. The fourth-order valence-electron chi connectivity index (χ4n) is 3.24. The molecule has 2 N–H and O–H groups in total. The zero-order chi connectivity index (χ0) is 23.6. The summed E-state index contributed by atoms with van der Waals surface area (Å²) in [6.45, 7) is 2.03. The molecule has 1 unspecified atom stereocenters. The second-order valence-corrected chi connectivity index (χ2v) is 8.46. The molecule has 0 spiro atoms. The van der Waals surface area contributed by atoms with Crippen LogP contribution in [0, 0.1) is 0 Å². The van der Waals surface area contributed by atoms with E-state index in [1.165, 1.54) is 11.8 Å². The number of nitrogens with zero attached hydrogens (tertiary/aromatic N) is 1. The Morgan fingerprint density at radius 1 is 0.909 bits per heavy atom. The molecule has 7 heteroatoms. The number of aliphatic carboxylic acids is 1. The summed E-state index contributed by atoms with van der Waals surface area (Å²) in [5.74, 6) is -1.48. The van der Waals surface area contributed by atoms with Crippen LogP contribution < -0.4 is 5.32 Å². The second-order valence-electron chi connectivity index (χ2n) is 7.37. The number of hydrogen-bond donors (Lipinski definition) is 2. The van der Waals surface area contributed by atoms with Crippen molar-refractivity contribution in [2.24, 2.45) is 0 Å². The van der Waals surface area contributed by atoms with Crippen molar-refractivity contribution in [1.82, 2.24) is 10.2 Å². The first kappa shape index (κ1) is 24.1. The van der Waals surface area contributed by atoms with Gasteiger partial charge in [0.1, 0.15) is 6.04 Å². The maximum Gasteiger partial charge on any atom is 0.327 e. The van der Waals surface area contributed by atoms with Crippen LogP contribution in [0.1, 0.15) is 23.7 Å². The summed E-state index contributed by atoms with van der Waals surface area (Å²) in [5, 5.41) is 12.1. The zero-order valence-corrected chi connectivity index (χ0v) is 19.1. The molecule has 0 heterocycles. The average molecular weight is 463 g/mol. The minimum atomic E-state index is -1.15. The summed E-state index contributed by atoms with van der Waals surface area (Å²) in [4.78, 5) is 39.9. The van der Waals surface area contributed by atoms with E-state index in [-0.39, 0.29) is 12.3 Å². The van der Waals surface area contributed by atoms with E-state index in [4.69, 9.17) is 0 Å². The molecule has 1 atom stereocenters. The maximum atomic E-state index is 13.2. The SMILES string of the molecule is CCCN(C(=O)NC(CSc1ccccc1)C(=O)O)C(=O)c1cccc(-c2ccccc2)c1. The first-order valence-corrected chi connectivity index (χ1v) is 11.7. The van der Waals surface area contributed by atoms with E-state index in [1.54, 1.807) is 18.2 Å². The predicted octanol–water partition coefficient (Wildman–Crippen LogP) is 5.16. The van der Waals surface area contributed by atoms with Crippen molar-refractivity contribution in [1.29, 1.82) is 0 Å². The van der Waals surface area contributed by atoms with Crippen molar-refractivity contribution in [3.05, 3.63) is 90.5 Å². The summed E-state index contributed by atoms with van der Waals surface area (Å²) in [7, 11) is 0. The summed E-state index contributed by atoms with van der Waals surface area (Å²) in [6.07, 6.45) is 0.550. The van der Waals surface area contributed by atoms with Gasteiger partial charge in [0.2, 0.25) is 0 Å². The molecule has 0 bridgehead atoms. The molecule has 3 aromatic rings. The minimum absolute atomic E-state index is 0.142.